The Morgan fingerprint density at radius 1 is 1.39 bits per heavy atom. The molecule has 1 amide bonds. The van der Waals surface area contributed by atoms with E-state index in [-0.39, 0.29) is 5.91 Å². The normalized spacial score (nSPS) is 10.4. The number of hydrogen-bond donors (Lipinski definition) is 0. The Morgan fingerprint density at radius 3 is 2.72 bits per heavy atom. The van der Waals surface area contributed by atoms with E-state index in [1.165, 1.54) is 0 Å². The maximum absolute atomic E-state index is 12.4. The predicted molar refractivity (Wildman–Crippen MR) is 80.7 cm³/mol. The van der Waals surface area contributed by atoms with Gasteiger partial charge < -0.3 is 4.90 Å². The highest BCUT2D eigenvalue weighted by atomic mass is 79.9. The third kappa shape index (κ3) is 4.45. The van der Waals surface area contributed by atoms with Gasteiger partial charge in [-0.1, -0.05) is 40.9 Å². The number of rotatable bonds is 6. The standard InChI is InChI=1S/C13H16BrCl2NO/c1-2-3-7-17(8-6-15)13(18)11-9-10(14)4-5-12(11)16/h4-5,9H,2-3,6-8H2,1H3. The third-order valence-electron chi connectivity index (χ3n) is 2.58. The van der Waals surface area contributed by atoms with Gasteiger partial charge in [0.25, 0.3) is 5.91 Å². The van der Waals surface area contributed by atoms with Crippen molar-refractivity contribution in [2.45, 2.75) is 19.8 Å². The Balaban J connectivity index is 2.90. The SMILES string of the molecule is CCCCN(CCCl)C(=O)c1cc(Br)ccc1Cl. The van der Waals surface area contributed by atoms with Gasteiger partial charge in [0, 0.05) is 23.4 Å². The topological polar surface area (TPSA) is 20.3 Å². The second-order valence-corrected chi connectivity index (χ2v) is 5.66. The Hall–Kier alpha value is -0.250. The number of halogens is 3. The number of nitrogens with zero attached hydrogens (tertiary/aromatic N) is 1. The summed E-state index contributed by atoms with van der Waals surface area (Å²) in [6.07, 6.45) is 2.01. The summed E-state index contributed by atoms with van der Waals surface area (Å²) in [5.74, 6) is 0.372. The molecule has 2 nitrogen and oxygen atoms in total. The lowest BCUT2D eigenvalue weighted by molar-refractivity contribution is 0.0763. The predicted octanol–water partition coefficient (Wildman–Crippen LogP) is 4.58. The van der Waals surface area contributed by atoms with Gasteiger partial charge in [0.05, 0.1) is 10.6 Å². The highest BCUT2D eigenvalue weighted by Crippen LogP contribution is 2.22. The van der Waals surface area contributed by atoms with Gasteiger partial charge in [-0.25, -0.2) is 0 Å². The fourth-order valence-electron chi connectivity index (χ4n) is 1.60. The largest absolute Gasteiger partial charge is 0.337 e. The van der Waals surface area contributed by atoms with Gasteiger partial charge in [-0.15, -0.1) is 11.6 Å². The van der Waals surface area contributed by atoms with E-state index in [2.05, 4.69) is 22.9 Å². The minimum absolute atomic E-state index is 0.0598. The van der Waals surface area contributed by atoms with Gasteiger partial charge in [-0.2, -0.15) is 0 Å². The second-order valence-electron chi connectivity index (χ2n) is 3.96. The van der Waals surface area contributed by atoms with Crippen molar-refractivity contribution in [3.05, 3.63) is 33.3 Å². The minimum Gasteiger partial charge on any atom is -0.337 e. The molecule has 5 heteroatoms. The number of benzene rings is 1. The quantitative estimate of drug-likeness (QED) is 0.686. The van der Waals surface area contributed by atoms with E-state index < -0.39 is 0 Å². The van der Waals surface area contributed by atoms with Gasteiger partial charge >= 0.3 is 0 Å². The van der Waals surface area contributed by atoms with Crippen LogP contribution in [0.4, 0.5) is 0 Å². The highest BCUT2D eigenvalue weighted by molar-refractivity contribution is 9.10. The van der Waals surface area contributed by atoms with Crippen molar-refractivity contribution >= 4 is 45.0 Å². The molecule has 0 aliphatic rings. The van der Waals surface area contributed by atoms with E-state index in [4.69, 9.17) is 23.2 Å². The van der Waals surface area contributed by atoms with Crippen LogP contribution in [0.5, 0.6) is 0 Å². The van der Waals surface area contributed by atoms with E-state index in [0.717, 1.165) is 17.3 Å². The molecule has 0 aliphatic carbocycles. The fourth-order valence-corrected chi connectivity index (χ4v) is 2.36. The highest BCUT2D eigenvalue weighted by Gasteiger charge is 2.17. The Labute approximate surface area is 126 Å². The molecular weight excluding hydrogens is 337 g/mol. The molecule has 0 saturated carbocycles. The molecule has 0 atom stereocenters. The maximum atomic E-state index is 12.4. The minimum atomic E-state index is -0.0598. The van der Waals surface area contributed by atoms with Crippen LogP contribution in [0.25, 0.3) is 0 Å². The average Bonchev–Trinajstić information content (AvgIpc) is 2.36. The van der Waals surface area contributed by atoms with E-state index in [1.807, 2.05) is 6.07 Å². The molecule has 1 aromatic rings. The molecule has 0 unspecified atom stereocenters. The van der Waals surface area contributed by atoms with Crippen LogP contribution >= 0.6 is 39.1 Å². The number of amides is 1. The van der Waals surface area contributed by atoms with Crippen molar-refractivity contribution in [2.75, 3.05) is 19.0 Å². The first kappa shape index (κ1) is 15.8. The lowest BCUT2D eigenvalue weighted by Crippen LogP contribution is -2.33. The molecule has 0 radical (unpaired) electrons. The first-order valence-corrected chi connectivity index (χ1v) is 7.61. The summed E-state index contributed by atoms with van der Waals surface area (Å²) in [6.45, 7) is 3.35. The van der Waals surface area contributed by atoms with Crippen molar-refractivity contribution in [3.8, 4) is 0 Å². The number of alkyl halides is 1. The molecule has 1 aromatic carbocycles. The molecule has 100 valence electrons. The number of unbranched alkanes of at least 4 members (excludes halogenated alkanes) is 1. The third-order valence-corrected chi connectivity index (χ3v) is 3.57. The molecule has 0 fully saturated rings. The summed E-state index contributed by atoms with van der Waals surface area (Å²) < 4.78 is 0.844. The van der Waals surface area contributed by atoms with Crippen LogP contribution in [-0.2, 0) is 0 Å². The van der Waals surface area contributed by atoms with Gasteiger partial charge in [-0.05, 0) is 24.6 Å². The van der Waals surface area contributed by atoms with Gasteiger partial charge in [0.15, 0.2) is 0 Å². The van der Waals surface area contributed by atoms with E-state index in [0.29, 0.717) is 29.6 Å². The molecule has 0 N–H and O–H groups in total. The van der Waals surface area contributed by atoms with Crippen LogP contribution in [-0.4, -0.2) is 29.8 Å². The van der Waals surface area contributed by atoms with Crippen LogP contribution in [0, 0.1) is 0 Å². The molecule has 0 heterocycles. The first-order valence-electron chi connectivity index (χ1n) is 5.90. The van der Waals surface area contributed by atoms with Crippen molar-refractivity contribution in [1.82, 2.24) is 4.90 Å². The molecule has 1 rings (SSSR count). The number of carbonyl (C=O) groups excluding carboxylic acids is 1. The summed E-state index contributed by atoms with van der Waals surface area (Å²) in [4.78, 5) is 14.1. The zero-order valence-electron chi connectivity index (χ0n) is 10.3. The van der Waals surface area contributed by atoms with Crippen LogP contribution < -0.4 is 0 Å². The Kier molecular flexibility index (Phi) is 7.05. The van der Waals surface area contributed by atoms with E-state index >= 15 is 0 Å². The lowest BCUT2D eigenvalue weighted by atomic mass is 10.2. The molecular formula is C13H16BrCl2NO. The van der Waals surface area contributed by atoms with Crippen molar-refractivity contribution < 1.29 is 4.79 Å². The summed E-state index contributed by atoms with van der Waals surface area (Å²) in [7, 11) is 0. The molecule has 18 heavy (non-hydrogen) atoms. The maximum Gasteiger partial charge on any atom is 0.255 e. The summed E-state index contributed by atoms with van der Waals surface area (Å²) >= 11 is 15.2. The Morgan fingerprint density at radius 2 is 2.11 bits per heavy atom. The molecule has 0 spiro atoms. The molecule has 0 aliphatic heterocycles. The lowest BCUT2D eigenvalue weighted by Gasteiger charge is -2.22. The molecule has 0 bridgehead atoms. The smallest absolute Gasteiger partial charge is 0.255 e. The first-order chi connectivity index (χ1) is 8.60. The fraction of sp³-hybridized carbons (Fsp3) is 0.462. The van der Waals surface area contributed by atoms with E-state index in [9.17, 15) is 4.79 Å². The number of hydrogen-bond acceptors (Lipinski definition) is 1. The van der Waals surface area contributed by atoms with Crippen LogP contribution in [0.1, 0.15) is 30.1 Å². The summed E-state index contributed by atoms with van der Waals surface area (Å²) in [5, 5.41) is 0.472. The zero-order valence-corrected chi connectivity index (χ0v) is 13.4. The van der Waals surface area contributed by atoms with Crippen molar-refractivity contribution in [2.24, 2.45) is 0 Å². The van der Waals surface area contributed by atoms with Gasteiger partial charge in [0.1, 0.15) is 0 Å². The Bertz CT molecular complexity index is 412. The molecule has 0 saturated heterocycles. The van der Waals surface area contributed by atoms with Gasteiger partial charge in [-0.3, -0.25) is 4.79 Å². The summed E-state index contributed by atoms with van der Waals surface area (Å²) in [5.41, 5.74) is 0.521. The van der Waals surface area contributed by atoms with E-state index in [1.54, 1.807) is 17.0 Å². The number of carbonyl (C=O) groups is 1. The van der Waals surface area contributed by atoms with Gasteiger partial charge in [0.2, 0.25) is 0 Å². The van der Waals surface area contributed by atoms with Crippen molar-refractivity contribution in [1.29, 1.82) is 0 Å². The van der Waals surface area contributed by atoms with Crippen molar-refractivity contribution in [3.63, 3.8) is 0 Å². The van der Waals surface area contributed by atoms with Crippen LogP contribution in [0.2, 0.25) is 5.02 Å². The molecule has 0 aromatic heterocycles. The van der Waals surface area contributed by atoms with Crippen LogP contribution in [0.3, 0.4) is 0 Å². The monoisotopic (exact) mass is 351 g/mol. The average molecular weight is 353 g/mol. The zero-order chi connectivity index (χ0) is 13.5. The van der Waals surface area contributed by atoms with Crippen LogP contribution in [0.15, 0.2) is 22.7 Å². The summed E-state index contributed by atoms with van der Waals surface area (Å²) in [6, 6.07) is 5.28. The second kappa shape index (κ2) is 8.03.